The molecule has 7 heteroatoms. The van der Waals surface area contributed by atoms with E-state index in [0.29, 0.717) is 5.56 Å². The van der Waals surface area contributed by atoms with Gasteiger partial charge in [-0.1, -0.05) is 0 Å². The van der Waals surface area contributed by atoms with E-state index in [1.165, 1.54) is 7.11 Å². The molecule has 3 nitrogen and oxygen atoms in total. The Bertz CT molecular complexity index is 415. The van der Waals surface area contributed by atoms with Gasteiger partial charge in [-0.15, -0.1) is 11.6 Å². The Balaban J connectivity index is 3.36. The molecule has 0 aromatic carbocycles. The topological polar surface area (TPSA) is 39.2 Å². The van der Waals surface area contributed by atoms with Gasteiger partial charge in [0.2, 0.25) is 0 Å². The number of aromatic nitrogens is 1. The highest BCUT2D eigenvalue weighted by atomic mass is 127. The third-order valence-corrected chi connectivity index (χ3v) is 3.02. The van der Waals surface area contributed by atoms with Crippen molar-refractivity contribution in [1.82, 2.24) is 4.98 Å². The van der Waals surface area contributed by atoms with Crippen LogP contribution < -0.4 is 0 Å². The minimum absolute atomic E-state index is 0.0131. The molecule has 0 amide bonds. The van der Waals surface area contributed by atoms with Crippen molar-refractivity contribution in [3.63, 3.8) is 0 Å². The van der Waals surface area contributed by atoms with Crippen LogP contribution in [0, 0.1) is 3.70 Å². The molecule has 88 valence electrons. The quantitative estimate of drug-likeness (QED) is 0.359. The first-order valence-electron chi connectivity index (χ1n) is 4.13. The molecule has 0 unspecified atom stereocenters. The van der Waals surface area contributed by atoms with E-state index in [1.807, 2.05) is 0 Å². The maximum Gasteiger partial charge on any atom is 0.338 e. The molecule has 0 fully saturated rings. The van der Waals surface area contributed by atoms with Gasteiger partial charge in [0.15, 0.2) is 0 Å². The third-order valence-electron chi connectivity index (χ3n) is 1.86. The monoisotopic (exact) mass is 361 g/mol. The molecular formula is C9H7ClF2INO2. The van der Waals surface area contributed by atoms with Gasteiger partial charge in [0, 0.05) is 5.56 Å². The number of ether oxygens (including phenoxy) is 1. The molecule has 1 aromatic heterocycles. The minimum atomic E-state index is -2.73. The highest BCUT2D eigenvalue weighted by Gasteiger charge is 2.20. The van der Waals surface area contributed by atoms with Crippen LogP contribution in [0.25, 0.3) is 0 Å². The van der Waals surface area contributed by atoms with Crippen molar-refractivity contribution in [2.75, 3.05) is 7.11 Å². The summed E-state index contributed by atoms with van der Waals surface area (Å²) in [6, 6.07) is 1.01. The predicted octanol–water partition coefficient (Wildman–Crippen LogP) is 3.15. The molecule has 1 heterocycles. The maximum atomic E-state index is 12.5. The zero-order chi connectivity index (χ0) is 12.3. The molecule has 16 heavy (non-hydrogen) atoms. The van der Waals surface area contributed by atoms with Crippen LogP contribution in [0.15, 0.2) is 6.07 Å². The van der Waals surface area contributed by atoms with E-state index in [1.54, 1.807) is 22.6 Å². The molecule has 0 saturated heterocycles. The summed E-state index contributed by atoms with van der Waals surface area (Å²) in [4.78, 5) is 15.0. The van der Waals surface area contributed by atoms with Crippen LogP contribution in [0.3, 0.4) is 0 Å². The van der Waals surface area contributed by atoms with Crippen molar-refractivity contribution in [2.24, 2.45) is 0 Å². The van der Waals surface area contributed by atoms with Gasteiger partial charge in [-0.2, -0.15) is 0 Å². The SMILES string of the molecule is COC(=O)c1cc(C(F)F)nc(I)c1CCl. The van der Waals surface area contributed by atoms with Crippen LogP contribution in [0.1, 0.15) is 28.0 Å². The molecule has 0 atom stereocenters. The zero-order valence-electron chi connectivity index (χ0n) is 8.14. The summed E-state index contributed by atoms with van der Waals surface area (Å²) in [5.41, 5.74) is -0.0237. The van der Waals surface area contributed by atoms with Gasteiger partial charge in [-0.25, -0.2) is 18.6 Å². The lowest BCUT2D eigenvalue weighted by atomic mass is 10.1. The molecular weight excluding hydrogens is 354 g/mol. The lowest BCUT2D eigenvalue weighted by molar-refractivity contribution is 0.0599. The maximum absolute atomic E-state index is 12.5. The van der Waals surface area contributed by atoms with Crippen LogP contribution >= 0.6 is 34.2 Å². The fourth-order valence-electron chi connectivity index (χ4n) is 1.09. The van der Waals surface area contributed by atoms with Crippen molar-refractivity contribution >= 4 is 40.2 Å². The Kier molecular flexibility index (Phi) is 4.85. The van der Waals surface area contributed by atoms with Crippen molar-refractivity contribution in [3.05, 3.63) is 26.6 Å². The Hall–Kier alpha value is -0.500. The molecule has 0 spiro atoms. The molecule has 0 radical (unpaired) electrons. The average molecular weight is 362 g/mol. The van der Waals surface area contributed by atoms with Gasteiger partial charge >= 0.3 is 5.97 Å². The number of hydrogen-bond donors (Lipinski definition) is 0. The van der Waals surface area contributed by atoms with Gasteiger partial charge in [0.05, 0.1) is 18.6 Å². The first-order valence-corrected chi connectivity index (χ1v) is 5.74. The van der Waals surface area contributed by atoms with Crippen LogP contribution in [0.2, 0.25) is 0 Å². The lowest BCUT2D eigenvalue weighted by Crippen LogP contribution is -2.10. The van der Waals surface area contributed by atoms with E-state index >= 15 is 0 Å². The van der Waals surface area contributed by atoms with E-state index in [4.69, 9.17) is 11.6 Å². The summed E-state index contributed by atoms with van der Waals surface area (Å²) in [6.45, 7) is 0. The number of nitrogens with zero attached hydrogens (tertiary/aromatic N) is 1. The number of rotatable bonds is 3. The van der Waals surface area contributed by atoms with Gasteiger partial charge in [0.25, 0.3) is 6.43 Å². The number of alkyl halides is 3. The number of methoxy groups -OCH3 is 1. The second kappa shape index (κ2) is 5.72. The van der Waals surface area contributed by atoms with Crippen molar-refractivity contribution in [1.29, 1.82) is 0 Å². The van der Waals surface area contributed by atoms with E-state index in [2.05, 4.69) is 9.72 Å². The standard InChI is InChI=1S/C9H7ClF2INO2/c1-16-9(15)4-2-6(7(11)12)14-8(13)5(4)3-10/h2,7H,3H2,1H3. The molecule has 0 aliphatic heterocycles. The Morgan fingerprint density at radius 1 is 1.69 bits per heavy atom. The summed E-state index contributed by atoms with van der Waals surface area (Å²) in [5, 5.41) is 0. The number of carbonyl (C=O) groups is 1. The van der Waals surface area contributed by atoms with Gasteiger partial charge < -0.3 is 4.74 Å². The Morgan fingerprint density at radius 3 is 2.75 bits per heavy atom. The Labute approximate surface area is 109 Å². The first kappa shape index (κ1) is 13.6. The number of pyridine rings is 1. The number of hydrogen-bond acceptors (Lipinski definition) is 3. The van der Waals surface area contributed by atoms with E-state index in [-0.39, 0.29) is 15.1 Å². The first-order chi connectivity index (χ1) is 7.51. The molecule has 1 rings (SSSR count). The summed E-state index contributed by atoms with van der Waals surface area (Å²) in [6.07, 6.45) is -2.73. The number of carbonyl (C=O) groups excluding carboxylic acids is 1. The average Bonchev–Trinajstić information content (AvgIpc) is 2.26. The summed E-state index contributed by atoms with van der Waals surface area (Å²) in [7, 11) is 1.18. The number of halogens is 4. The summed E-state index contributed by atoms with van der Waals surface area (Å²) >= 11 is 7.39. The van der Waals surface area contributed by atoms with Crippen molar-refractivity contribution in [3.8, 4) is 0 Å². The van der Waals surface area contributed by atoms with E-state index < -0.39 is 18.1 Å². The second-order valence-electron chi connectivity index (χ2n) is 2.79. The fourth-order valence-corrected chi connectivity index (χ4v) is 2.35. The molecule has 0 aliphatic carbocycles. The molecule has 1 aromatic rings. The van der Waals surface area contributed by atoms with Crippen molar-refractivity contribution in [2.45, 2.75) is 12.3 Å². The lowest BCUT2D eigenvalue weighted by Gasteiger charge is -2.09. The highest BCUT2D eigenvalue weighted by Crippen LogP contribution is 2.24. The largest absolute Gasteiger partial charge is 0.465 e. The highest BCUT2D eigenvalue weighted by molar-refractivity contribution is 14.1. The summed E-state index contributed by atoms with van der Waals surface area (Å²) in [5.74, 6) is -0.683. The second-order valence-corrected chi connectivity index (χ2v) is 4.08. The zero-order valence-corrected chi connectivity index (χ0v) is 11.1. The molecule has 0 saturated carbocycles. The molecule has 0 N–H and O–H groups in total. The normalized spacial score (nSPS) is 10.6. The number of esters is 1. The van der Waals surface area contributed by atoms with E-state index in [9.17, 15) is 13.6 Å². The summed E-state index contributed by atoms with van der Waals surface area (Å²) < 4.78 is 29.7. The molecule has 0 aliphatic rings. The fraction of sp³-hybridized carbons (Fsp3) is 0.333. The van der Waals surface area contributed by atoms with Crippen LogP contribution in [-0.4, -0.2) is 18.1 Å². The third kappa shape index (κ3) is 2.79. The van der Waals surface area contributed by atoms with Crippen LogP contribution in [0.5, 0.6) is 0 Å². The van der Waals surface area contributed by atoms with E-state index in [0.717, 1.165) is 6.07 Å². The Morgan fingerprint density at radius 2 is 2.31 bits per heavy atom. The van der Waals surface area contributed by atoms with Gasteiger partial charge in [-0.3, -0.25) is 0 Å². The predicted molar refractivity (Wildman–Crippen MR) is 62.8 cm³/mol. The molecule has 0 bridgehead atoms. The van der Waals surface area contributed by atoms with Crippen LogP contribution in [0.4, 0.5) is 8.78 Å². The van der Waals surface area contributed by atoms with Crippen molar-refractivity contribution < 1.29 is 18.3 Å². The van der Waals surface area contributed by atoms with Gasteiger partial charge in [0.1, 0.15) is 9.39 Å². The smallest absolute Gasteiger partial charge is 0.338 e. The van der Waals surface area contributed by atoms with Gasteiger partial charge in [-0.05, 0) is 28.7 Å². The van der Waals surface area contributed by atoms with Crippen LogP contribution in [-0.2, 0) is 10.6 Å². The minimum Gasteiger partial charge on any atom is -0.465 e.